The number of hydrogen-bond acceptors (Lipinski definition) is 5. The van der Waals surface area contributed by atoms with E-state index < -0.39 is 5.97 Å². The van der Waals surface area contributed by atoms with Crippen molar-refractivity contribution in [3.63, 3.8) is 0 Å². The Labute approximate surface area is 149 Å². The van der Waals surface area contributed by atoms with Gasteiger partial charge in [0, 0.05) is 11.8 Å². The summed E-state index contributed by atoms with van der Waals surface area (Å²) in [6.45, 7) is 0.109. The number of ether oxygens (including phenoxy) is 1. The zero-order valence-electron chi connectivity index (χ0n) is 13.9. The van der Waals surface area contributed by atoms with Gasteiger partial charge in [-0.2, -0.15) is 10.2 Å². The summed E-state index contributed by atoms with van der Waals surface area (Å²) in [6.07, 6.45) is 0.674. The van der Waals surface area contributed by atoms with E-state index in [4.69, 9.17) is 4.74 Å². The number of hydrogen-bond donors (Lipinski definition) is 1. The minimum atomic E-state index is -0.637. The number of aromatic nitrogens is 2. The number of carbonyl (C=O) groups excluding carboxylic acids is 2. The van der Waals surface area contributed by atoms with E-state index in [9.17, 15) is 9.59 Å². The number of amides is 1. The Morgan fingerprint density at radius 3 is 2.69 bits per heavy atom. The van der Waals surface area contributed by atoms with Crippen LogP contribution in [0.1, 0.15) is 22.5 Å². The first-order valence-electron chi connectivity index (χ1n) is 8.26. The Morgan fingerprint density at radius 1 is 1.08 bits per heavy atom. The second-order valence-corrected chi connectivity index (χ2v) is 5.87. The Hall–Kier alpha value is -3.48. The Bertz CT molecular complexity index is 994. The molecule has 2 heterocycles. The molecule has 3 aromatic rings. The number of carbonyl (C=O) groups is 2. The predicted octanol–water partition coefficient (Wildman–Crippen LogP) is 2.36. The van der Waals surface area contributed by atoms with Crippen molar-refractivity contribution < 1.29 is 14.3 Å². The van der Waals surface area contributed by atoms with Gasteiger partial charge < -0.3 is 4.74 Å². The Kier molecular flexibility index (Phi) is 4.18. The highest BCUT2D eigenvalue weighted by Crippen LogP contribution is 2.17. The van der Waals surface area contributed by atoms with Crippen LogP contribution in [0.2, 0.25) is 0 Å². The van der Waals surface area contributed by atoms with E-state index in [-0.39, 0.29) is 18.2 Å². The van der Waals surface area contributed by atoms with E-state index in [1.807, 2.05) is 48.5 Å². The molecule has 130 valence electrons. The number of esters is 1. The van der Waals surface area contributed by atoms with Crippen LogP contribution in [-0.4, -0.2) is 45.9 Å². The number of rotatable bonds is 4. The molecular weight excluding hydrogens is 332 g/mol. The average Bonchev–Trinajstić information content (AvgIpc) is 3.34. The topological polar surface area (TPSA) is 87.7 Å². The maximum atomic E-state index is 12.3. The molecule has 0 spiro atoms. The number of para-hydroxylation sites is 1. The first-order chi connectivity index (χ1) is 12.7. The summed E-state index contributed by atoms with van der Waals surface area (Å²) in [5.74, 6) is -0.994. The molecule has 0 radical (unpaired) electrons. The van der Waals surface area contributed by atoms with Crippen molar-refractivity contribution in [2.75, 3.05) is 13.2 Å². The fraction of sp³-hybridized carbons (Fsp3) is 0.158. The number of hydrazone groups is 1. The monoisotopic (exact) mass is 348 g/mol. The fourth-order valence-corrected chi connectivity index (χ4v) is 2.86. The molecule has 0 fully saturated rings. The molecule has 1 aliphatic heterocycles. The molecule has 7 nitrogen and oxygen atoms in total. The Balaban J connectivity index is 1.40. The normalized spacial score (nSPS) is 13.7. The van der Waals surface area contributed by atoms with Crippen LogP contribution in [0, 0.1) is 0 Å². The zero-order chi connectivity index (χ0) is 17.9. The second-order valence-electron chi connectivity index (χ2n) is 5.87. The van der Waals surface area contributed by atoms with E-state index >= 15 is 0 Å². The standard InChI is InChI=1S/C19H16N4O3/c24-17(23-11-10-15(22-23)13-6-2-1-3-7-13)12-26-19(25)18-14-8-4-5-9-16(14)20-21-18/h1-9H,10-12H2,(H,20,21). The van der Waals surface area contributed by atoms with Crippen molar-refractivity contribution in [1.29, 1.82) is 0 Å². The molecule has 0 bridgehead atoms. The molecule has 1 aromatic heterocycles. The maximum Gasteiger partial charge on any atom is 0.359 e. The van der Waals surface area contributed by atoms with Crippen LogP contribution in [0.4, 0.5) is 0 Å². The molecule has 0 aliphatic carbocycles. The molecular formula is C19H16N4O3. The van der Waals surface area contributed by atoms with E-state index in [0.717, 1.165) is 16.8 Å². The Morgan fingerprint density at radius 2 is 1.85 bits per heavy atom. The number of H-pyrrole nitrogens is 1. The molecule has 0 atom stereocenters. The molecule has 2 aromatic carbocycles. The second kappa shape index (κ2) is 6.79. The van der Waals surface area contributed by atoms with Gasteiger partial charge in [0.1, 0.15) is 0 Å². The van der Waals surface area contributed by atoms with Crippen LogP contribution in [0.15, 0.2) is 59.7 Å². The lowest BCUT2D eigenvalue weighted by molar-refractivity contribution is -0.134. The van der Waals surface area contributed by atoms with E-state index in [1.165, 1.54) is 5.01 Å². The summed E-state index contributed by atoms with van der Waals surface area (Å²) < 4.78 is 5.13. The van der Waals surface area contributed by atoms with Crippen LogP contribution in [0.3, 0.4) is 0 Å². The lowest BCUT2D eigenvalue weighted by Crippen LogP contribution is -2.28. The van der Waals surface area contributed by atoms with E-state index in [0.29, 0.717) is 18.4 Å². The quantitative estimate of drug-likeness (QED) is 0.733. The van der Waals surface area contributed by atoms with Gasteiger partial charge in [-0.15, -0.1) is 0 Å². The van der Waals surface area contributed by atoms with Crippen molar-refractivity contribution >= 4 is 28.5 Å². The highest BCUT2D eigenvalue weighted by molar-refractivity contribution is 6.04. The number of nitrogens with zero attached hydrogens (tertiary/aromatic N) is 3. The van der Waals surface area contributed by atoms with Gasteiger partial charge in [-0.1, -0.05) is 48.5 Å². The smallest absolute Gasteiger partial charge is 0.359 e. The van der Waals surface area contributed by atoms with Gasteiger partial charge in [-0.3, -0.25) is 9.89 Å². The molecule has 7 heteroatoms. The third-order valence-corrected chi connectivity index (χ3v) is 4.19. The summed E-state index contributed by atoms with van der Waals surface area (Å²) in [5, 5.41) is 13.1. The van der Waals surface area contributed by atoms with Crippen molar-refractivity contribution in [3.8, 4) is 0 Å². The average molecular weight is 348 g/mol. The first kappa shape index (κ1) is 16.0. The molecule has 0 unspecified atom stereocenters. The molecule has 0 saturated heterocycles. The minimum absolute atomic E-state index is 0.170. The van der Waals surface area contributed by atoms with Gasteiger partial charge in [0.25, 0.3) is 5.91 Å². The predicted molar refractivity (Wildman–Crippen MR) is 95.7 cm³/mol. The summed E-state index contributed by atoms with van der Waals surface area (Å²) >= 11 is 0. The lowest BCUT2D eigenvalue weighted by Gasteiger charge is -2.11. The maximum absolute atomic E-state index is 12.3. The van der Waals surface area contributed by atoms with Crippen LogP contribution >= 0.6 is 0 Å². The third-order valence-electron chi connectivity index (χ3n) is 4.19. The number of nitrogens with one attached hydrogen (secondary N) is 1. The highest BCUT2D eigenvalue weighted by atomic mass is 16.5. The van der Waals surface area contributed by atoms with Crippen LogP contribution in [0.5, 0.6) is 0 Å². The van der Waals surface area contributed by atoms with Gasteiger partial charge in [0.2, 0.25) is 0 Å². The summed E-state index contributed by atoms with van der Waals surface area (Å²) in [5.41, 5.74) is 2.75. The molecule has 1 amide bonds. The summed E-state index contributed by atoms with van der Waals surface area (Å²) in [6, 6.07) is 16.9. The number of benzene rings is 2. The lowest BCUT2D eigenvalue weighted by atomic mass is 10.1. The number of fused-ring (bicyclic) bond motifs is 1. The largest absolute Gasteiger partial charge is 0.451 e. The summed E-state index contributed by atoms with van der Waals surface area (Å²) in [7, 11) is 0. The molecule has 4 rings (SSSR count). The van der Waals surface area contributed by atoms with E-state index in [1.54, 1.807) is 6.07 Å². The third kappa shape index (κ3) is 3.06. The van der Waals surface area contributed by atoms with Crippen molar-refractivity contribution in [3.05, 3.63) is 65.9 Å². The minimum Gasteiger partial charge on any atom is -0.451 e. The van der Waals surface area contributed by atoms with Crippen LogP contribution in [-0.2, 0) is 9.53 Å². The number of aromatic amines is 1. The van der Waals surface area contributed by atoms with Gasteiger partial charge in [-0.05, 0) is 11.6 Å². The molecule has 26 heavy (non-hydrogen) atoms. The molecule has 1 aliphatic rings. The highest BCUT2D eigenvalue weighted by Gasteiger charge is 2.23. The van der Waals surface area contributed by atoms with Gasteiger partial charge in [0.15, 0.2) is 12.3 Å². The van der Waals surface area contributed by atoms with Crippen molar-refractivity contribution in [1.82, 2.24) is 15.2 Å². The molecule has 1 N–H and O–H groups in total. The van der Waals surface area contributed by atoms with Crippen molar-refractivity contribution in [2.24, 2.45) is 5.10 Å². The fourth-order valence-electron chi connectivity index (χ4n) is 2.86. The van der Waals surface area contributed by atoms with Crippen LogP contribution in [0.25, 0.3) is 10.9 Å². The SMILES string of the molecule is O=C(OCC(=O)N1CCC(c2ccccc2)=N1)c1n[nH]c2ccccc12. The molecule has 0 saturated carbocycles. The van der Waals surface area contributed by atoms with Gasteiger partial charge in [-0.25, -0.2) is 9.80 Å². The summed E-state index contributed by atoms with van der Waals surface area (Å²) in [4.78, 5) is 24.5. The van der Waals surface area contributed by atoms with E-state index in [2.05, 4.69) is 15.3 Å². The van der Waals surface area contributed by atoms with Gasteiger partial charge >= 0.3 is 5.97 Å². The van der Waals surface area contributed by atoms with Crippen molar-refractivity contribution in [2.45, 2.75) is 6.42 Å². The zero-order valence-corrected chi connectivity index (χ0v) is 13.9. The van der Waals surface area contributed by atoms with Crippen LogP contribution < -0.4 is 0 Å². The first-order valence-corrected chi connectivity index (χ1v) is 8.26. The van der Waals surface area contributed by atoms with Gasteiger partial charge in [0.05, 0.1) is 17.8 Å².